The van der Waals surface area contributed by atoms with E-state index in [-0.39, 0.29) is 25.7 Å². The fourth-order valence-corrected chi connectivity index (χ4v) is 12.6. The first-order valence-electron chi connectivity index (χ1n) is 37.7. The quantitative estimate of drug-likeness (QED) is 0.0222. The lowest BCUT2D eigenvalue weighted by molar-refractivity contribution is -0.161. The molecule has 0 saturated carbocycles. The number of hydrogen-bond donors (Lipinski definition) is 3. The number of phosphoric ester groups is 2. The summed E-state index contributed by atoms with van der Waals surface area (Å²) in [4.78, 5) is 72.6. The van der Waals surface area contributed by atoms with Crippen molar-refractivity contribution in [2.45, 2.75) is 382 Å². The highest BCUT2D eigenvalue weighted by Gasteiger charge is 2.30. The summed E-state index contributed by atoms with van der Waals surface area (Å²) in [5.74, 6) is 0.889. The first-order chi connectivity index (χ1) is 44.1. The third-order valence-electron chi connectivity index (χ3n) is 17.2. The van der Waals surface area contributed by atoms with Crippen molar-refractivity contribution >= 4 is 39.5 Å². The Balaban J connectivity index is 5.22. The van der Waals surface area contributed by atoms with Crippen molar-refractivity contribution in [3.63, 3.8) is 0 Å². The van der Waals surface area contributed by atoms with Crippen molar-refractivity contribution in [2.75, 3.05) is 39.6 Å². The van der Waals surface area contributed by atoms with Crippen molar-refractivity contribution in [3.8, 4) is 0 Å². The van der Waals surface area contributed by atoms with Crippen LogP contribution in [0.4, 0.5) is 0 Å². The number of unbranched alkanes of at least 4 members (excludes halogenated alkanes) is 35. The molecule has 4 unspecified atom stereocenters. The van der Waals surface area contributed by atoms with Crippen molar-refractivity contribution in [1.29, 1.82) is 0 Å². The maximum absolute atomic E-state index is 13.0. The number of ether oxygens (including phenoxy) is 4. The van der Waals surface area contributed by atoms with Crippen LogP contribution in [0.15, 0.2) is 0 Å². The van der Waals surface area contributed by atoms with Gasteiger partial charge in [0.2, 0.25) is 0 Å². The summed E-state index contributed by atoms with van der Waals surface area (Å²) in [7, 11) is -9.91. The van der Waals surface area contributed by atoms with E-state index in [2.05, 4.69) is 55.4 Å². The van der Waals surface area contributed by atoms with Gasteiger partial charge in [-0.05, 0) is 49.4 Å². The fourth-order valence-electron chi connectivity index (χ4n) is 11.0. The predicted octanol–water partition coefficient (Wildman–Crippen LogP) is 20.9. The maximum atomic E-state index is 13.0. The third kappa shape index (κ3) is 65.4. The Bertz CT molecular complexity index is 1820. The second kappa shape index (κ2) is 62.6. The summed E-state index contributed by atoms with van der Waals surface area (Å²) in [6.45, 7) is 14.1. The topological polar surface area (TPSA) is 237 Å². The van der Waals surface area contributed by atoms with Gasteiger partial charge in [-0.1, -0.05) is 312 Å². The smallest absolute Gasteiger partial charge is 0.462 e. The van der Waals surface area contributed by atoms with Gasteiger partial charge in [0.1, 0.15) is 19.3 Å². The molecule has 3 N–H and O–H groups in total. The third-order valence-corrected chi connectivity index (χ3v) is 19.1. The zero-order chi connectivity index (χ0) is 68.2. The van der Waals surface area contributed by atoms with Crippen molar-refractivity contribution in [2.24, 2.45) is 23.7 Å². The first-order valence-corrected chi connectivity index (χ1v) is 40.7. The Labute approximate surface area is 562 Å². The van der Waals surface area contributed by atoms with E-state index in [9.17, 15) is 43.2 Å². The monoisotopic (exact) mass is 1350 g/mol. The van der Waals surface area contributed by atoms with Gasteiger partial charge in [0.15, 0.2) is 12.2 Å². The molecule has 0 amide bonds. The number of hydrogen-bond acceptors (Lipinski definition) is 15. The summed E-state index contributed by atoms with van der Waals surface area (Å²) in [5.41, 5.74) is 0. The van der Waals surface area contributed by atoms with Crippen LogP contribution >= 0.6 is 15.6 Å². The summed E-state index contributed by atoms with van der Waals surface area (Å²) in [6, 6.07) is 0. The molecular weight excluding hydrogens is 1210 g/mol. The minimum absolute atomic E-state index is 0.105. The zero-order valence-electron chi connectivity index (χ0n) is 60.2. The van der Waals surface area contributed by atoms with E-state index >= 15 is 0 Å². The van der Waals surface area contributed by atoms with Gasteiger partial charge < -0.3 is 33.8 Å². The van der Waals surface area contributed by atoms with Gasteiger partial charge in [-0.15, -0.1) is 0 Å². The molecule has 0 spiro atoms. The largest absolute Gasteiger partial charge is 0.472 e. The van der Waals surface area contributed by atoms with Crippen molar-refractivity contribution in [3.05, 3.63) is 0 Å². The Morgan fingerprint density at radius 3 is 0.772 bits per heavy atom. The van der Waals surface area contributed by atoms with Crippen LogP contribution in [-0.2, 0) is 65.4 Å². The molecule has 0 heterocycles. The molecule has 0 rings (SSSR count). The molecule has 0 aromatic carbocycles. The number of carbonyl (C=O) groups excluding carboxylic acids is 4. The van der Waals surface area contributed by atoms with Gasteiger partial charge in [-0.3, -0.25) is 37.3 Å². The van der Waals surface area contributed by atoms with Crippen LogP contribution in [0.25, 0.3) is 0 Å². The zero-order valence-corrected chi connectivity index (χ0v) is 62.0. The van der Waals surface area contributed by atoms with Crippen LogP contribution in [0.3, 0.4) is 0 Å². The molecule has 19 heteroatoms. The van der Waals surface area contributed by atoms with Crippen LogP contribution in [-0.4, -0.2) is 96.7 Å². The lowest BCUT2D eigenvalue weighted by Gasteiger charge is -2.21. The highest BCUT2D eigenvalue weighted by Crippen LogP contribution is 2.45. The average Bonchev–Trinajstić information content (AvgIpc) is 3.17. The number of phosphoric acid groups is 2. The highest BCUT2D eigenvalue weighted by atomic mass is 31.2. The second-order valence-electron chi connectivity index (χ2n) is 28.0. The van der Waals surface area contributed by atoms with Crippen LogP contribution in [0, 0.1) is 23.7 Å². The first kappa shape index (κ1) is 90.1. The summed E-state index contributed by atoms with van der Waals surface area (Å²) in [6.07, 6.45) is 45.9. The molecule has 0 aliphatic heterocycles. The molecule has 0 bridgehead atoms. The molecule has 0 radical (unpaired) electrons. The van der Waals surface area contributed by atoms with Crippen molar-refractivity contribution < 1.29 is 80.2 Å². The molecule has 0 saturated heterocycles. The molecular formula is C73H142O17P2. The Morgan fingerprint density at radius 2 is 0.522 bits per heavy atom. The Morgan fingerprint density at radius 1 is 0.304 bits per heavy atom. The van der Waals surface area contributed by atoms with Gasteiger partial charge in [-0.2, -0.15) is 0 Å². The van der Waals surface area contributed by atoms with E-state index in [1.807, 2.05) is 0 Å². The standard InChI is InChI=1S/C73H142O17P2/c1-9-66(8)52-44-36-27-20-16-12-10-11-13-17-21-29-39-47-55-72(77)90-69(60-84-71(76)54-46-38-32-31-35-43-51-65(6)7)62-88-92(81,82)86-58-67(74)57-85-91(79,80)87-61-68(59-83-70(75)53-45-37-28-24-23-26-34-42-50-64(4)5)89-73(78)56-48-40-30-22-18-14-15-19-25-33-41-49-63(2)3/h63-69,74H,9-62H2,1-8H3,(H,79,80)(H,81,82)/t66?,67?,68-,69-/m1/s1. The minimum atomic E-state index is -4.95. The lowest BCUT2D eigenvalue weighted by Crippen LogP contribution is -2.30. The van der Waals surface area contributed by atoms with E-state index in [4.69, 9.17) is 37.0 Å². The predicted molar refractivity (Wildman–Crippen MR) is 372 cm³/mol. The van der Waals surface area contributed by atoms with Crippen LogP contribution in [0.2, 0.25) is 0 Å². The van der Waals surface area contributed by atoms with Gasteiger partial charge in [0.25, 0.3) is 0 Å². The molecule has 17 nitrogen and oxygen atoms in total. The van der Waals surface area contributed by atoms with E-state index in [1.54, 1.807) is 0 Å². The fraction of sp³-hybridized carbons (Fsp3) is 0.945. The summed E-state index contributed by atoms with van der Waals surface area (Å²) in [5, 5.41) is 10.6. The number of aliphatic hydroxyl groups excluding tert-OH is 1. The molecule has 92 heavy (non-hydrogen) atoms. The van der Waals surface area contributed by atoms with E-state index in [1.165, 1.54) is 161 Å². The number of carbonyl (C=O) groups is 4. The molecule has 0 fully saturated rings. The Hall–Kier alpha value is -1.94. The minimum Gasteiger partial charge on any atom is -0.462 e. The second-order valence-corrected chi connectivity index (χ2v) is 30.9. The van der Waals surface area contributed by atoms with Gasteiger partial charge in [0.05, 0.1) is 26.4 Å². The Kier molecular flexibility index (Phi) is 61.3. The number of esters is 4. The van der Waals surface area contributed by atoms with Crippen molar-refractivity contribution in [1.82, 2.24) is 0 Å². The molecule has 0 aliphatic rings. The van der Waals surface area contributed by atoms with Gasteiger partial charge >= 0.3 is 39.5 Å². The van der Waals surface area contributed by atoms with E-state index in [0.29, 0.717) is 31.6 Å². The number of rotatable bonds is 70. The maximum Gasteiger partial charge on any atom is 0.472 e. The lowest BCUT2D eigenvalue weighted by atomic mass is 9.99. The van der Waals surface area contributed by atoms with Gasteiger partial charge in [0, 0.05) is 25.7 Å². The molecule has 0 aromatic rings. The number of aliphatic hydroxyl groups is 1. The van der Waals surface area contributed by atoms with Crippen LogP contribution in [0.1, 0.15) is 364 Å². The van der Waals surface area contributed by atoms with Gasteiger partial charge in [-0.25, -0.2) is 9.13 Å². The van der Waals surface area contributed by atoms with Crippen LogP contribution in [0.5, 0.6) is 0 Å². The van der Waals surface area contributed by atoms with Crippen LogP contribution < -0.4 is 0 Å². The SMILES string of the molecule is CCC(C)CCCCCCCCCCCCCCCCC(=O)O[C@H](COC(=O)CCCCCCCCC(C)C)COP(=O)(O)OCC(O)COP(=O)(O)OC[C@@H](COC(=O)CCCCCCCCCCC(C)C)OC(=O)CCCCCCCCCCCCCC(C)C. The summed E-state index contributed by atoms with van der Waals surface area (Å²) < 4.78 is 68.4. The highest BCUT2D eigenvalue weighted by molar-refractivity contribution is 7.47. The summed E-state index contributed by atoms with van der Waals surface area (Å²) >= 11 is 0. The molecule has 6 atom stereocenters. The molecule has 546 valence electrons. The molecule has 0 aromatic heterocycles. The average molecular weight is 1350 g/mol. The van der Waals surface area contributed by atoms with E-state index in [0.717, 1.165) is 114 Å². The normalized spacial score (nSPS) is 14.5. The molecule has 0 aliphatic carbocycles. The van der Waals surface area contributed by atoms with E-state index < -0.39 is 97.5 Å².